The molecule has 6 nitrogen and oxygen atoms in total. The molecule has 1 saturated heterocycles. The molecule has 2 aromatic rings. The summed E-state index contributed by atoms with van der Waals surface area (Å²) in [5.74, 6) is -0.234. The Kier molecular flexibility index (Phi) is 6.53. The monoisotopic (exact) mass is 457 g/mol. The molecular weight excluding hydrogens is 434 g/mol. The summed E-state index contributed by atoms with van der Waals surface area (Å²) < 4.78 is 0. The van der Waals surface area contributed by atoms with Crippen molar-refractivity contribution in [2.45, 2.75) is 31.1 Å². The van der Waals surface area contributed by atoms with E-state index in [1.54, 1.807) is 24.3 Å². The lowest BCUT2D eigenvalue weighted by molar-refractivity contribution is -0.120. The molecule has 162 valence electrons. The summed E-state index contributed by atoms with van der Waals surface area (Å²) in [6.07, 6.45) is 3.18. The number of nitrogens with one attached hydrogen (secondary N) is 1. The highest BCUT2D eigenvalue weighted by atomic mass is 35.5. The fraction of sp³-hybridized carbons (Fsp3) is 0.348. The lowest BCUT2D eigenvalue weighted by Crippen LogP contribution is -2.41. The van der Waals surface area contributed by atoms with E-state index >= 15 is 0 Å². The van der Waals surface area contributed by atoms with Gasteiger partial charge in [-0.3, -0.25) is 14.4 Å². The highest BCUT2D eigenvalue weighted by Gasteiger charge is 2.28. The van der Waals surface area contributed by atoms with Crippen LogP contribution in [0.1, 0.15) is 35.2 Å². The fourth-order valence-electron chi connectivity index (χ4n) is 3.86. The minimum absolute atomic E-state index is 0.0236. The number of piperidine rings is 1. The van der Waals surface area contributed by atoms with Gasteiger partial charge in [0.1, 0.15) is 6.54 Å². The predicted molar refractivity (Wildman–Crippen MR) is 124 cm³/mol. The highest BCUT2D eigenvalue weighted by Crippen LogP contribution is 2.36. The summed E-state index contributed by atoms with van der Waals surface area (Å²) >= 11 is 7.56. The first-order chi connectivity index (χ1) is 14.9. The van der Waals surface area contributed by atoms with Gasteiger partial charge in [0.2, 0.25) is 11.8 Å². The molecule has 1 N–H and O–H groups in total. The topological polar surface area (TPSA) is 69.7 Å². The lowest BCUT2D eigenvalue weighted by Gasteiger charge is -2.30. The molecule has 2 aliphatic rings. The van der Waals surface area contributed by atoms with Crippen LogP contribution in [-0.2, 0) is 9.59 Å². The van der Waals surface area contributed by atoms with E-state index in [9.17, 15) is 14.4 Å². The van der Waals surface area contributed by atoms with E-state index in [4.69, 9.17) is 11.6 Å². The number of amides is 3. The highest BCUT2D eigenvalue weighted by molar-refractivity contribution is 8.00. The van der Waals surface area contributed by atoms with Gasteiger partial charge in [-0.1, -0.05) is 17.7 Å². The molecule has 2 aromatic carbocycles. The van der Waals surface area contributed by atoms with Crippen LogP contribution in [0.25, 0.3) is 0 Å². The molecule has 0 spiro atoms. The van der Waals surface area contributed by atoms with Gasteiger partial charge in [0.15, 0.2) is 0 Å². The number of anilines is 2. The Balaban J connectivity index is 1.55. The van der Waals surface area contributed by atoms with Gasteiger partial charge in [-0.05, 0) is 62.1 Å². The number of thioether (sulfide) groups is 1. The van der Waals surface area contributed by atoms with Crippen molar-refractivity contribution in [2.24, 2.45) is 0 Å². The average Bonchev–Trinajstić information content (AvgIpc) is 2.78. The average molecular weight is 458 g/mol. The largest absolute Gasteiger partial charge is 0.339 e. The van der Waals surface area contributed by atoms with Crippen LogP contribution in [0, 0.1) is 6.92 Å². The zero-order valence-electron chi connectivity index (χ0n) is 17.3. The van der Waals surface area contributed by atoms with Gasteiger partial charge in [-0.2, -0.15) is 0 Å². The summed E-state index contributed by atoms with van der Waals surface area (Å²) in [7, 11) is 0. The number of rotatable bonds is 4. The van der Waals surface area contributed by atoms with Crippen molar-refractivity contribution in [2.75, 3.05) is 35.6 Å². The van der Waals surface area contributed by atoms with Gasteiger partial charge in [-0.15, -0.1) is 11.8 Å². The number of fused-ring (bicyclic) bond motifs is 1. The van der Waals surface area contributed by atoms with E-state index in [0.717, 1.165) is 42.8 Å². The number of benzene rings is 2. The van der Waals surface area contributed by atoms with E-state index in [0.29, 0.717) is 22.0 Å². The summed E-state index contributed by atoms with van der Waals surface area (Å²) in [5.41, 5.74) is 2.55. The van der Waals surface area contributed by atoms with E-state index in [1.807, 2.05) is 24.0 Å². The molecule has 8 heteroatoms. The third-order valence-electron chi connectivity index (χ3n) is 5.64. The van der Waals surface area contributed by atoms with Crippen LogP contribution < -0.4 is 10.2 Å². The number of hydrogen-bond acceptors (Lipinski definition) is 4. The Labute approximate surface area is 190 Å². The zero-order valence-corrected chi connectivity index (χ0v) is 18.9. The van der Waals surface area contributed by atoms with Crippen LogP contribution in [0.2, 0.25) is 5.02 Å². The number of nitrogens with zero attached hydrogens (tertiary/aromatic N) is 2. The van der Waals surface area contributed by atoms with Crippen molar-refractivity contribution >= 4 is 52.5 Å². The second-order valence-corrected chi connectivity index (χ2v) is 9.19. The van der Waals surface area contributed by atoms with Gasteiger partial charge >= 0.3 is 0 Å². The molecule has 1 fully saturated rings. The Morgan fingerprint density at radius 3 is 2.68 bits per heavy atom. The molecule has 0 aromatic heterocycles. The zero-order chi connectivity index (χ0) is 22.0. The number of likely N-dealkylation sites (tertiary alicyclic amines) is 1. The molecule has 0 saturated carbocycles. The van der Waals surface area contributed by atoms with Crippen LogP contribution in [0.4, 0.5) is 11.4 Å². The minimum atomic E-state index is -0.315. The molecule has 0 atom stereocenters. The first-order valence-corrected chi connectivity index (χ1v) is 11.7. The van der Waals surface area contributed by atoms with Crippen LogP contribution in [0.15, 0.2) is 41.3 Å². The summed E-state index contributed by atoms with van der Waals surface area (Å²) in [6, 6.07) is 10.7. The smallest absolute Gasteiger partial charge is 0.253 e. The molecular formula is C23H24ClN3O3S. The number of hydrogen-bond donors (Lipinski definition) is 1. The molecule has 0 radical (unpaired) electrons. The quantitative estimate of drug-likeness (QED) is 0.740. The normalized spacial score (nSPS) is 16.1. The second kappa shape index (κ2) is 9.32. The van der Waals surface area contributed by atoms with E-state index in [1.165, 1.54) is 16.7 Å². The molecule has 2 heterocycles. The predicted octanol–water partition coefficient (Wildman–Crippen LogP) is 4.35. The first-order valence-electron chi connectivity index (χ1n) is 10.4. The summed E-state index contributed by atoms with van der Waals surface area (Å²) in [4.78, 5) is 42.5. The Bertz CT molecular complexity index is 1040. The van der Waals surface area contributed by atoms with E-state index < -0.39 is 0 Å². The lowest BCUT2D eigenvalue weighted by atomic mass is 10.1. The molecule has 0 aliphatic carbocycles. The van der Waals surface area contributed by atoms with Crippen LogP contribution >= 0.6 is 23.4 Å². The maximum absolute atomic E-state index is 12.9. The molecule has 3 amide bonds. The van der Waals surface area contributed by atoms with Crippen molar-refractivity contribution in [3.8, 4) is 0 Å². The van der Waals surface area contributed by atoms with Crippen LogP contribution in [-0.4, -0.2) is 48.0 Å². The number of halogens is 1. The second-order valence-electron chi connectivity index (χ2n) is 7.76. The Morgan fingerprint density at radius 2 is 1.90 bits per heavy atom. The van der Waals surface area contributed by atoms with Crippen molar-refractivity contribution in [3.05, 3.63) is 52.5 Å². The van der Waals surface area contributed by atoms with Gasteiger partial charge in [0.25, 0.3) is 5.91 Å². The van der Waals surface area contributed by atoms with Gasteiger partial charge in [0, 0.05) is 34.3 Å². The van der Waals surface area contributed by atoms with Gasteiger partial charge in [-0.25, -0.2) is 0 Å². The first kappa shape index (κ1) is 21.7. The molecule has 0 unspecified atom stereocenters. The maximum Gasteiger partial charge on any atom is 0.253 e. The SMILES string of the molecule is Cc1c(Cl)cccc1NC(=O)CN1C(=O)CSc2ccc(C(=O)N3CCCCC3)cc21. The molecule has 31 heavy (non-hydrogen) atoms. The van der Waals surface area contributed by atoms with Crippen molar-refractivity contribution in [3.63, 3.8) is 0 Å². The number of carbonyl (C=O) groups excluding carboxylic acids is 3. The summed E-state index contributed by atoms with van der Waals surface area (Å²) in [6.45, 7) is 3.22. The molecule has 0 bridgehead atoms. The fourth-order valence-corrected chi connectivity index (χ4v) is 4.95. The van der Waals surface area contributed by atoms with Gasteiger partial charge in [0.05, 0.1) is 11.4 Å². The maximum atomic E-state index is 12.9. The standard InChI is InChI=1S/C23H24ClN3O3S/c1-15-17(24)6-5-7-18(15)25-21(28)13-27-19-12-16(8-9-20(19)31-14-22(27)29)23(30)26-10-3-2-4-11-26/h5-9,12H,2-4,10-11,13-14H2,1H3,(H,25,28). The third-order valence-corrected chi connectivity index (χ3v) is 7.09. The van der Waals surface area contributed by atoms with E-state index in [-0.39, 0.29) is 30.0 Å². The van der Waals surface area contributed by atoms with Crippen molar-refractivity contribution < 1.29 is 14.4 Å². The van der Waals surface area contributed by atoms with Gasteiger partial charge < -0.3 is 15.1 Å². The van der Waals surface area contributed by atoms with Crippen LogP contribution in [0.5, 0.6) is 0 Å². The molecule has 2 aliphatic heterocycles. The number of carbonyl (C=O) groups is 3. The van der Waals surface area contributed by atoms with Crippen molar-refractivity contribution in [1.29, 1.82) is 0 Å². The minimum Gasteiger partial charge on any atom is -0.339 e. The molecule has 4 rings (SSSR count). The Hall–Kier alpha value is -2.51. The summed E-state index contributed by atoms with van der Waals surface area (Å²) in [5, 5.41) is 3.40. The Morgan fingerprint density at radius 1 is 1.13 bits per heavy atom. The van der Waals surface area contributed by atoms with E-state index in [2.05, 4.69) is 5.32 Å². The van der Waals surface area contributed by atoms with Crippen molar-refractivity contribution in [1.82, 2.24) is 4.90 Å². The third kappa shape index (κ3) is 4.72. The van der Waals surface area contributed by atoms with Crippen LogP contribution in [0.3, 0.4) is 0 Å².